The first-order valence-electron chi connectivity index (χ1n) is 7.02. The van der Waals surface area contributed by atoms with Crippen LogP contribution in [0.4, 0.5) is 0 Å². The minimum atomic E-state index is -0.268. The molecule has 1 saturated carbocycles. The Bertz CT molecular complexity index is 170. The quantitative estimate of drug-likeness (QED) is 0.645. The van der Waals surface area contributed by atoms with Crippen molar-refractivity contribution in [3.05, 3.63) is 0 Å². The zero-order valence-electron chi connectivity index (χ0n) is 11.0. The van der Waals surface area contributed by atoms with E-state index in [0.717, 1.165) is 31.3 Å². The van der Waals surface area contributed by atoms with Gasteiger partial charge >= 0.3 is 0 Å². The van der Waals surface area contributed by atoms with Gasteiger partial charge in [-0.3, -0.25) is 0 Å². The lowest BCUT2D eigenvalue weighted by Crippen LogP contribution is -2.14. The van der Waals surface area contributed by atoms with E-state index in [2.05, 4.69) is 6.92 Å². The normalized spacial score (nSPS) is 27.2. The lowest BCUT2D eigenvalue weighted by molar-refractivity contribution is 0.0325. The lowest BCUT2D eigenvalue weighted by Gasteiger charge is -2.11. The van der Waals surface area contributed by atoms with Gasteiger partial charge in [0, 0.05) is 6.61 Å². The maximum atomic E-state index is 9.31. The van der Waals surface area contributed by atoms with E-state index in [1.165, 1.54) is 32.1 Å². The Kier molecular flexibility index (Phi) is 7.06. The smallest absolute Gasteiger partial charge is 0.0771 e. The van der Waals surface area contributed by atoms with Crippen LogP contribution in [0.25, 0.3) is 0 Å². The zero-order chi connectivity index (χ0) is 11.8. The summed E-state index contributed by atoms with van der Waals surface area (Å²) < 4.78 is 5.45. The van der Waals surface area contributed by atoms with Crippen LogP contribution in [0.5, 0.6) is 0 Å². The van der Waals surface area contributed by atoms with Crippen molar-refractivity contribution in [1.82, 2.24) is 0 Å². The van der Waals surface area contributed by atoms with E-state index < -0.39 is 0 Å². The first-order chi connectivity index (χ1) is 7.76. The minimum absolute atomic E-state index is 0.268. The van der Waals surface area contributed by atoms with E-state index in [4.69, 9.17) is 4.74 Å². The third kappa shape index (κ3) is 5.31. The molecule has 1 fully saturated rings. The molecule has 16 heavy (non-hydrogen) atoms. The van der Waals surface area contributed by atoms with E-state index in [1.807, 2.05) is 6.92 Å². The van der Waals surface area contributed by atoms with E-state index in [0.29, 0.717) is 6.61 Å². The predicted octanol–water partition coefficient (Wildman–Crippen LogP) is 3.38. The van der Waals surface area contributed by atoms with E-state index >= 15 is 0 Å². The molecular formula is C14H28O2. The Balaban J connectivity index is 1.92. The molecule has 0 aromatic rings. The summed E-state index contributed by atoms with van der Waals surface area (Å²) in [6.07, 6.45) is 8.67. The van der Waals surface area contributed by atoms with Gasteiger partial charge in [0.25, 0.3) is 0 Å². The third-order valence-corrected chi connectivity index (χ3v) is 3.91. The summed E-state index contributed by atoms with van der Waals surface area (Å²) in [7, 11) is 0. The fraction of sp³-hybridized carbons (Fsp3) is 1.00. The predicted molar refractivity (Wildman–Crippen MR) is 67.5 cm³/mol. The van der Waals surface area contributed by atoms with Crippen molar-refractivity contribution in [2.75, 3.05) is 13.2 Å². The molecule has 2 heteroatoms. The topological polar surface area (TPSA) is 29.5 Å². The SMILES string of the molecule is CCC(O)COCCCC1CCC(CC)C1. The van der Waals surface area contributed by atoms with Gasteiger partial charge in [0.2, 0.25) is 0 Å². The molecule has 1 N–H and O–H groups in total. The van der Waals surface area contributed by atoms with Gasteiger partial charge in [0.05, 0.1) is 12.7 Å². The molecule has 1 rings (SSSR count). The molecule has 0 radical (unpaired) electrons. The second-order valence-electron chi connectivity index (χ2n) is 5.23. The average Bonchev–Trinajstić information content (AvgIpc) is 2.76. The number of hydrogen-bond acceptors (Lipinski definition) is 2. The first kappa shape index (κ1) is 14.0. The van der Waals surface area contributed by atoms with Crippen molar-refractivity contribution in [2.45, 2.75) is 64.9 Å². The Morgan fingerprint density at radius 3 is 2.62 bits per heavy atom. The number of aliphatic hydroxyl groups excluding tert-OH is 1. The summed E-state index contributed by atoms with van der Waals surface area (Å²) in [5.41, 5.74) is 0. The first-order valence-corrected chi connectivity index (χ1v) is 7.02. The zero-order valence-corrected chi connectivity index (χ0v) is 11.0. The van der Waals surface area contributed by atoms with Gasteiger partial charge in [-0.2, -0.15) is 0 Å². The van der Waals surface area contributed by atoms with Gasteiger partial charge in [-0.15, -0.1) is 0 Å². The monoisotopic (exact) mass is 228 g/mol. The molecule has 0 heterocycles. The van der Waals surface area contributed by atoms with Crippen LogP contribution in [0.1, 0.15) is 58.8 Å². The molecule has 0 aromatic carbocycles. The molecule has 1 aliphatic carbocycles. The average molecular weight is 228 g/mol. The van der Waals surface area contributed by atoms with Crippen LogP contribution < -0.4 is 0 Å². The summed E-state index contributed by atoms with van der Waals surface area (Å²) in [6, 6.07) is 0. The largest absolute Gasteiger partial charge is 0.391 e. The minimum Gasteiger partial charge on any atom is -0.391 e. The van der Waals surface area contributed by atoms with Crippen LogP contribution in [0.15, 0.2) is 0 Å². The van der Waals surface area contributed by atoms with Gasteiger partial charge in [0.15, 0.2) is 0 Å². The second kappa shape index (κ2) is 8.08. The molecule has 3 unspecified atom stereocenters. The fourth-order valence-electron chi connectivity index (χ4n) is 2.62. The van der Waals surface area contributed by atoms with E-state index in [-0.39, 0.29) is 6.10 Å². The van der Waals surface area contributed by atoms with Gasteiger partial charge in [-0.05, 0) is 37.5 Å². The summed E-state index contributed by atoms with van der Waals surface area (Å²) >= 11 is 0. The standard InChI is InChI=1S/C14H28O2/c1-3-12-7-8-13(10-12)6-5-9-16-11-14(15)4-2/h12-15H,3-11H2,1-2H3. The molecule has 0 amide bonds. The van der Waals surface area contributed by atoms with Crippen molar-refractivity contribution in [2.24, 2.45) is 11.8 Å². The highest BCUT2D eigenvalue weighted by Crippen LogP contribution is 2.35. The molecule has 3 atom stereocenters. The van der Waals surface area contributed by atoms with Crippen LogP contribution >= 0.6 is 0 Å². The maximum absolute atomic E-state index is 9.31. The van der Waals surface area contributed by atoms with Crippen LogP contribution in [0, 0.1) is 11.8 Å². The van der Waals surface area contributed by atoms with Gasteiger partial charge in [-0.1, -0.05) is 33.1 Å². The van der Waals surface area contributed by atoms with Crippen LogP contribution in [-0.4, -0.2) is 24.4 Å². The van der Waals surface area contributed by atoms with Crippen molar-refractivity contribution in [3.63, 3.8) is 0 Å². The number of hydrogen-bond donors (Lipinski definition) is 1. The van der Waals surface area contributed by atoms with E-state index in [1.54, 1.807) is 0 Å². The van der Waals surface area contributed by atoms with Crippen molar-refractivity contribution in [3.8, 4) is 0 Å². The van der Waals surface area contributed by atoms with Crippen LogP contribution in [-0.2, 0) is 4.74 Å². The highest BCUT2D eigenvalue weighted by molar-refractivity contribution is 4.74. The molecule has 96 valence electrons. The lowest BCUT2D eigenvalue weighted by atomic mass is 9.99. The van der Waals surface area contributed by atoms with Crippen LogP contribution in [0.3, 0.4) is 0 Å². The summed E-state index contributed by atoms with van der Waals surface area (Å²) in [4.78, 5) is 0. The Morgan fingerprint density at radius 1 is 1.25 bits per heavy atom. The molecule has 0 bridgehead atoms. The van der Waals surface area contributed by atoms with Gasteiger partial charge < -0.3 is 9.84 Å². The Labute approximate surface area is 100 Å². The number of rotatable bonds is 8. The van der Waals surface area contributed by atoms with Gasteiger partial charge in [0.1, 0.15) is 0 Å². The molecular weight excluding hydrogens is 200 g/mol. The molecule has 2 nitrogen and oxygen atoms in total. The number of ether oxygens (including phenoxy) is 1. The van der Waals surface area contributed by atoms with Crippen LogP contribution in [0.2, 0.25) is 0 Å². The third-order valence-electron chi connectivity index (χ3n) is 3.91. The van der Waals surface area contributed by atoms with Gasteiger partial charge in [-0.25, -0.2) is 0 Å². The van der Waals surface area contributed by atoms with Crippen molar-refractivity contribution >= 4 is 0 Å². The second-order valence-corrected chi connectivity index (χ2v) is 5.23. The molecule has 0 aliphatic heterocycles. The fourth-order valence-corrected chi connectivity index (χ4v) is 2.62. The molecule has 0 saturated heterocycles. The van der Waals surface area contributed by atoms with Crippen molar-refractivity contribution in [1.29, 1.82) is 0 Å². The summed E-state index contributed by atoms with van der Waals surface area (Å²) in [6.45, 7) is 5.63. The Morgan fingerprint density at radius 2 is 2.00 bits per heavy atom. The number of aliphatic hydroxyl groups is 1. The molecule has 1 aliphatic rings. The summed E-state index contributed by atoms with van der Waals surface area (Å²) in [5, 5.41) is 9.31. The summed E-state index contributed by atoms with van der Waals surface area (Å²) in [5.74, 6) is 1.94. The highest BCUT2D eigenvalue weighted by atomic mass is 16.5. The Hall–Kier alpha value is -0.0800. The maximum Gasteiger partial charge on any atom is 0.0771 e. The van der Waals surface area contributed by atoms with E-state index in [9.17, 15) is 5.11 Å². The van der Waals surface area contributed by atoms with Crippen molar-refractivity contribution < 1.29 is 9.84 Å². The molecule has 0 spiro atoms. The highest BCUT2D eigenvalue weighted by Gasteiger charge is 2.22. The molecule has 0 aromatic heterocycles.